The average Bonchev–Trinajstić information content (AvgIpc) is 2.48. The Morgan fingerprint density at radius 1 is 1.43 bits per heavy atom. The van der Waals surface area contributed by atoms with Crippen molar-refractivity contribution >= 4 is 11.7 Å². The third kappa shape index (κ3) is 3.99. The summed E-state index contributed by atoms with van der Waals surface area (Å²) in [5.41, 5.74) is 0.636. The SMILES string of the molecule is CCOC(=O)c1cc(CN2CCOCC2)ccc1[N+](=O)[O-]. The standard InChI is InChI=1S/C14H18N2O5/c1-2-21-14(17)12-9-11(3-4-13(12)16(18)19)10-15-5-7-20-8-6-15/h3-4,9H,2,5-8,10H2,1H3. The Balaban J connectivity index is 2.21. The minimum atomic E-state index is -0.659. The van der Waals surface area contributed by atoms with E-state index >= 15 is 0 Å². The molecule has 0 aromatic heterocycles. The van der Waals surface area contributed by atoms with E-state index in [2.05, 4.69) is 4.90 Å². The van der Waals surface area contributed by atoms with Gasteiger partial charge in [0.25, 0.3) is 5.69 Å². The molecule has 1 heterocycles. The molecule has 0 aliphatic carbocycles. The second-order valence-corrected chi connectivity index (χ2v) is 4.72. The van der Waals surface area contributed by atoms with E-state index in [1.54, 1.807) is 19.1 Å². The van der Waals surface area contributed by atoms with Crippen molar-refractivity contribution in [3.05, 3.63) is 39.4 Å². The van der Waals surface area contributed by atoms with Gasteiger partial charge in [0.05, 0.1) is 24.7 Å². The average molecular weight is 294 g/mol. The summed E-state index contributed by atoms with van der Waals surface area (Å²) in [7, 11) is 0. The molecule has 1 aliphatic rings. The van der Waals surface area contributed by atoms with Gasteiger partial charge in [0.15, 0.2) is 0 Å². The smallest absolute Gasteiger partial charge is 0.345 e. The van der Waals surface area contributed by atoms with Gasteiger partial charge in [-0.25, -0.2) is 4.79 Å². The number of nitrogens with zero attached hydrogens (tertiary/aromatic N) is 2. The van der Waals surface area contributed by atoms with Gasteiger partial charge in [-0.3, -0.25) is 15.0 Å². The van der Waals surface area contributed by atoms with E-state index in [9.17, 15) is 14.9 Å². The van der Waals surface area contributed by atoms with E-state index in [4.69, 9.17) is 9.47 Å². The molecule has 0 spiro atoms. The summed E-state index contributed by atoms with van der Waals surface area (Å²) >= 11 is 0. The first-order chi connectivity index (χ1) is 10.1. The van der Waals surface area contributed by atoms with Crippen LogP contribution in [0.1, 0.15) is 22.8 Å². The zero-order valence-electron chi connectivity index (χ0n) is 11.9. The normalized spacial score (nSPS) is 15.7. The first kappa shape index (κ1) is 15.4. The maximum atomic E-state index is 11.9. The first-order valence-electron chi connectivity index (χ1n) is 6.86. The number of carbonyl (C=O) groups excluding carboxylic acids is 1. The van der Waals surface area contributed by atoms with Crippen LogP contribution in [-0.4, -0.2) is 48.7 Å². The van der Waals surface area contributed by atoms with Gasteiger partial charge in [-0.05, 0) is 18.6 Å². The topological polar surface area (TPSA) is 81.9 Å². The van der Waals surface area contributed by atoms with Crippen LogP contribution in [-0.2, 0) is 16.0 Å². The van der Waals surface area contributed by atoms with E-state index in [-0.39, 0.29) is 17.9 Å². The van der Waals surface area contributed by atoms with Crippen molar-refractivity contribution in [3.8, 4) is 0 Å². The van der Waals surface area contributed by atoms with Crippen LogP contribution in [0.3, 0.4) is 0 Å². The van der Waals surface area contributed by atoms with Crippen molar-refractivity contribution in [2.75, 3.05) is 32.9 Å². The van der Waals surface area contributed by atoms with Gasteiger partial charge in [-0.15, -0.1) is 0 Å². The number of nitro benzene ring substituents is 1. The number of esters is 1. The lowest BCUT2D eigenvalue weighted by Crippen LogP contribution is -2.35. The first-order valence-corrected chi connectivity index (χ1v) is 6.86. The summed E-state index contributed by atoms with van der Waals surface area (Å²) in [5.74, 6) is -0.659. The molecule has 1 aliphatic heterocycles. The molecular formula is C14H18N2O5. The molecule has 1 saturated heterocycles. The summed E-state index contributed by atoms with van der Waals surface area (Å²) in [6.45, 7) is 5.46. The second kappa shape index (κ2) is 7.14. The molecule has 0 N–H and O–H groups in total. The predicted molar refractivity (Wildman–Crippen MR) is 75.1 cm³/mol. The van der Waals surface area contributed by atoms with Gasteiger partial charge in [0, 0.05) is 25.7 Å². The lowest BCUT2D eigenvalue weighted by atomic mass is 10.1. The molecule has 7 nitrogen and oxygen atoms in total. The molecule has 0 unspecified atom stereocenters. The monoisotopic (exact) mass is 294 g/mol. The van der Waals surface area contributed by atoms with Crippen molar-refractivity contribution in [2.24, 2.45) is 0 Å². The molecule has 114 valence electrons. The molecule has 0 amide bonds. The zero-order chi connectivity index (χ0) is 15.2. The fourth-order valence-electron chi connectivity index (χ4n) is 2.23. The Labute approximate surface area is 122 Å². The van der Waals surface area contributed by atoms with Crippen LogP contribution in [0.2, 0.25) is 0 Å². The number of morpholine rings is 1. The summed E-state index contributed by atoms with van der Waals surface area (Å²) in [4.78, 5) is 24.5. The van der Waals surface area contributed by atoms with Gasteiger partial charge >= 0.3 is 5.97 Å². The van der Waals surface area contributed by atoms with Crippen LogP contribution in [0.15, 0.2) is 18.2 Å². The maximum Gasteiger partial charge on any atom is 0.345 e. The Morgan fingerprint density at radius 2 is 2.14 bits per heavy atom. The van der Waals surface area contributed by atoms with E-state index in [1.165, 1.54) is 6.07 Å². The number of carbonyl (C=O) groups is 1. The fraction of sp³-hybridized carbons (Fsp3) is 0.500. The molecule has 0 atom stereocenters. The quantitative estimate of drug-likeness (QED) is 0.466. The molecule has 1 aromatic carbocycles. The van der Waals surface area contributed by atoms with Gasteiger partial charge < -0.3 is 9.47 Å². The van der Waals surface area contributed by atoms with Crippen molar-refractivity contribution in [1.82, 2.24) is 4.90 Å². The van der Waals surface area contributed by atoms with Crippen LogP contribution in [0.5, 0.6) is 0 Å². The van der Waals surface area contributed by atoms with Gasteiger partial charge in [-0.1, -0.05) is 6.07 Å². The van der Waals surface area contributed by atoms with E-state index in [0.29, 0.717) is 19.8 Å². The Hall–Kier alpha value is -1.99. The van der Waals surface area contributed by atoms with Crippen molar-refractivity contribution in [3.63, 3.8) is 0 Å². The van der Waals surface area contributed by atoms with Crippen LogP contribution < -0.4 is 0 Å². The highest BCUT2D eigenvalue weighted by Crippen LogP contribution is 2.22. The number of rotatable bonds is 5. The minimum absolute atomic E-state index is 0.00705. The lowest BCUT2D eigenvalue weighted by molar-refractivity contribution is -0.385. The van der Waals surface area contributed by atoms with Crippen molar-refractivity contribution in [1.29, 1.82) is 0 Å². The number of hydrogen-bond donors (Lipinski definition) is 0. The van der Waals surface area contributed by atoms with E-state index < -0.39 is 10.9 Å². The van der Waals surface area contributed by atoms with Crippen molar-refractivity contribution in [2.45, 2.75) is 13.5 Å². The van der Waals surface area contributed by atoms with Crippen molar-refractivity contribution < 1.29 is 19.2 Å². The second-order valence-electron chi connectivity index (χ2n) is 4.72. The molecule has 2 rings (SSSR count). The molecule has 7 heteroatoms. The Kier molecular flexibility index (Phi) is 5.24. The molecular weight excluding hydrogens is 276 g/mol. The summed E-state index contributed by atoms with van der Waals surface area (Å²) < 4.78 is 10.2. The molecule has 0 saturated carbocycles. The predicted octanol–water partition coefficient (Wildman–Crippen LogP) is 1.60. The number of hydrogen-bond acceptors (Lipinski definition) is 6. The third-order valence-electron chi connectivity index (χ3n) is 3.26. The summed E-state index contributed by atoms with van der Waals surface area (Å²) in [5, 5.41) is 11.0. The van der Waals surface area contributed by atoms with Gasteiger partial charge in [-0.2, -0.15) is 0 Å². The zero-order valence-corrected chi connectivity index (χ0v) is 11.9. The third-order valence-corrected chi connectivity index (χ3v) is 3.26. The minimum Gasteiger partial charge on any atom is -0.462 e. The van der Waals surface area contributed by atoms with Crippen LogP contribution in [0, 0.1) is 10.1 Å². The molecule has 1 fully saturated rings. The molecule has 1 aromatic rings. The van der Waals surface area contributed by atoms with Crippen LogP contribution in [0.4, 0.5) is 5.69 Å². The molecule has 0 radical (unpaired) electrons. The largest absolute Gasteiger partial charge is 0.462 e. The highest BCUT2D eigenvalue weighted by atomic mass is 16.6. The molecule has 21 heavy (non-hydrogen) atoms. The number of nitro groups is 1. The van der Waals surface area contributed by atoms with Crippen LogP contribution in [0.25, 0.3) is 0 Å². The highest BCUT2D eigenvalue weighted by Gasteiger charge is 2.22. The lowest BCUT2D eigenvalue weighted by Gasteiger charge is -2.26. The highest BCUT2D eigenvalue weighted by molar-refractivity contribution is 5.94. The number of ether oxygens (including phenoxy) is 2. The maximum absolute atomic E-state index is 11.9. The van der Waals surface area contributed by atoms with E-state index in [1.807, 2.05) is 0 Å². The van der Waals surface area contributed by atoms with Gasteiger partial charge in [0.2, 0.25) is 0 Å². The van der Waals surface area contributed by atoms with Crippen LogP contribution >= 0.6 is 0 Å². The fourth-order valence-corrected chi connectivity index (χ4v) is 2.23. The molecule has 0 bridgehead atoms. The summed E-state index contributed by atoms with van der Waals surface area (Å²) in [6, 6.07) is 4.59. The number of benzene rings is 1. The summed E-state index contributed by atoms with van der Waals surface area (Å²) in [6.07, 6.45) is 0. The van der Waals surface area contributed by atoms with Gasteiger partial charge in [0.1, 0.15) is 5.56 Å². The Morgan fingerprint density at radius 3 is 2.76 bits per heavy atom. The van der Waals surface area contributed by atoms with E-state index in [0.717, 1.165) is 18.7 Å². The Bertz CT molecular complexity index is 526.